The van der Waals surface area contributed by atoms with Gasteiger partial charge in [-0.15, -0.1) is 0 Å². The number of nitrogens with one attached hydrogen (secondary N) is 1. The zero-order valence-corrected chi connectivity index (χ0v) is 17.1. The van der Waals surface area contributed by atoms with E-state index >= 15 is 0 Å². The van der Waals surface area contributed by atoms with Gasteiger partial charge in [0.1, 0.15) is 23.7 Å². The van der Waals surface area contributed by atoms with E-state index in [1.54, 1.807) is 6.20 Å². The summed E-state index contributed by atoms with van der Waals surface area (Å²) in [6.07, 6.45) is 5.02. The van der Waals surface area contributed by atoms with E-state index in [1.807, 2.05) is 0 Å². The molecular weight excluding hydrogens is 526 g/mol. The third-order valence-corrected chi connectivity index (χ3v) is 4.99. The third-order valence-electron chi connectivity index (χ3n) is 3.70. The molecule has 1 N–H and O–H groups in total. The zero-order chi connectivity index (χ0) is 21.3. The average Bonchev–Trinajstić information content (AvgIpc) is 3.22. The standard InChI is InChI=1S/C8H4BrF2N3O2.C7H4BrN3O2/c9-6-3-13(8(10)11)7-5(6)1-4(2-12-7)14(15)16;8-6-3-10-7-5(6)1-4(2-9-7)11(12)13/h1-3,8H;1-3H,(H,9,10). The largest absolute Gasteiger partial charge is 0.345 e. The summed E-state index contributed by atoms with van der Waals surface area (Å²) in [6.45, 7) is -2.73. The van der Waals surface area contributed by atoms with Gasteiger partial charge in [-0.05, 0) is 31.9 Å². The molecule has 0 amide bonds. The van der Waals surface area contributed by atoms with Crippen LogP contribution in [0.2, 0.25) is 0 Å². The van der Waals surface area contributed by atoms with E-state index in [0.717, 1.165) is 16.9 Å². The summed E-state index contributed by atoms with van der Waals surface area (Å²) in [6, 6.07) is 2.67. The molecule has 0 aliphatic rings. The Bertz CT molecular complexity index is 1240. The maximum Gasteiger partial charge on any atom is 0.320 e. The molecule has 0 radical (unpaired) electrons. The van der Waals surface area contributed by atoms with Crippen molar-refractivity contribution in [3.63, 3.8) is 0 Å². The molecule has 150 valence electrons. The van der Waals surface area contributed by atoms with Gasteiger partial charge >= 0.3 is 6.55 Å². The molecule has 29 heavy (non-hydrogen) atoms. The molecular formula is C15H8Br2F2N6O4. The van der Waals surface area contributed by atoms with Gasteiger partial charge < -0.3 is 4.98 Å². The first-order valence-corrected chi connectivity index (χ1v) is 9.13. The van der Waals surface area contributed by atoms with Gasteiger partial charge in [-0.3, -0.25) is 24.8 Å². The lowest BCUT2D eigenvalue weighted by Gasteiger charge is -2.00. The van der Waals surface area contributed by atoms with Crippen LogP contribution in [-0.4, -0.2) is 29.4 Å². The highest BCUT2D eigenvalue weighted by Gasteiger charge is 2.17. The van der Waals surface area contributed by atoms with Gasteiger partial charge in [-0.25, -0.2) is 9.97 Å². The second kappa shape index (κ2) is 8.16. The van der Waals surface area contributed by atoms with Crippen LogP contribution >= 0.6 is 31.9 Å². The fraction of sp³-hybridized carbons (Fsp3) is 0.0667. The highest BCUT2D eigenvalue weighted by atomic mass is 79.9. The number of hydrogen-bond donors (Lipinski definition) is 1. The molecule has 0 aliphatic carbocycles. The van der Waals surface area contributed by atoms with Crippen LogP contribution in [0.1, 0.15) is 6.55 Å². The first-order chi connectivity index (χ1) is 13.7. The number of rotatable bonds is 3. The molecule has 0 spiro atoms. The predicted octanol–water partition coefficient (Wildman–Crippen LogP) is 5.34. The lowest BCUT2D eigenvalue weighted by atomic mass is 10.3. The number of aromatic nitrogens is 4. The Morgan fingerprint density at radius 1 is 1.00 bits per heavy atom. The Labute approximate surface area is 176 Å². The van der Waals surface area contributed by atoms with Gasteiger partial charge in [0.05, 0.1) is 9.85 Å². The van der Waals surface area contributed by atoms with E-state index in [0.29, 0.717) is 20.1 Å². The Balaban J connectivity index is 0.000000169. The molecule has 10 nitrogen and oxygen atoms in total. The first-order valence-electron chi connectivity index (χ1n) is 7.54. The molecule has 0 bridgehead atoms. The smallest absolute Gasteiger partial charge is 0.320 e. The molecule has 0 atom stereocenters. The van der Waals surface area contributed by atoms with Crippen LogP contribution < -0.4 is 0 Å². The van der Waals surface area contributed by atoms with Crippen molar-refractivity contribution in [3.8, 4) is 0 Å². The van der Waals surface area contributed by atoms with E-state index in [9.17, 15) is 29.0 Å². The number of halogens is 4. The molecule has 14 heteroatoms. The second-order valence-electron chi connectivity index (χ2n) is 5.47. The van der Waals surface area contributed by atoms with Gasteiger partial charge in [-0.2, -0.15) is 8.78 Å². The summed E-state index contributed by atoms with van der Waals surface area (Å²) >= 11 is 6.31. The van der Waals surface area contributed by atoms with Crippen LogP contribution in [0.25, 0.3) is 22.1 Å². The molecule has 0 aromatic carbocycles. The molecule has 4 aromatic rings. The van der Waals surface area contributed by atoms with Crippen molar-refractivity contribution >= 4 is 65.3 Å². The first kappa shape index (κ1) is 20.7. The molecule has 0 unspecified atom stereocenters. The highest BCUT2D eigenvalue weighted by molar-refractivity contribution is 9.11. The molecule has 4 aromatic heterocycles. The van der Waals surface area contributed by atoms with Gasteiger partial charge in [0.2, 0.25) is 0 Å². The minimum atomic E-state index is -2.73. The summed E-state index contributed by atoms with van der Waals surface area (Å²) in [5.74, 6) is 0. The van der Waals surface area contributed by atoms with Crippen LogP contribution in [0.4, 0.5) is 20.2 Å². The Kier molecular flexibility index (Phi) is 5.83. The number of nitro groups is 2. The van der Waals surface area contributed by atoms with E-state index in [1.165, 1.54) is 18.3 Å². The summed E-state index contributed by atoms with van der Waals surface area (Å²) in [5, 5.41) is 21.9. The summed E-state index contributed by atoms with van der Waals surface area (Å²) < 4.78 is 26.8. The number of pyridine rings is 2. The van der Waals surface area contributed by atoms with E-state index in [4.69, 9.17) is 0 Å². The molecule has 0 saturated carbocycles. The van der Waals surface area contributed by atoms with Crippen LogP contribution in [0, 0.1) is 20.2 Å². The minimum Gasteiger partial charge on any atom is -0.345 e. The van der Waals surface area contributed by atoms with Crippen LogP contribution in [0.5, 0.6) is 0 Å². The second-order valence-corrected chi connectivity index (χ2v) is 7.18. The minimum absolute atomic E-state index is 0.00667. The number of hydrogen-bond acceptors (Lipinski definition) is 6. The Hall–Kier alpha value is -3.00. The van der Waals surface area contributed by atoms with Gasteiger partial charge in [0.25, 0.3) is 11.4 Å². The number of aromatic amines is 1. The highest BCUT2D eigenvalue weighted by Crippen LogP contribution is 2.30. The van der Waals surface area contributed by atoms with Gasteiger partial charge in [0.15, 0.2) is 0 Å². The number of fused-ring (bicyclic) bond motifs is 2. The lowest BCUT2D eigenvalue weighted by molar-refractivity contribution is -0.385. The molecule has 0 aliphatic heterocycles. The van der Waals surface area contributed by atoms with Crippen molar-refractivity contribution < 1.29 is 18.6 Å². The van der Waals surface area contributed by atoms with E-state index in [-0.39, 0.29) is 22.4 Å². The number of H-pyrrole nitrogens is 1. The predicted molar refractivity (Wildman–Crippen MR) is 106 cm³/mol. The maximum atomic E-state index is 12.5. The van der Waals surface area contributed by atoms with E-state index in [2.05, 4.69) is 46.8 Å². The van der Waals surface area contributed by atoms with Crippen molar-refractivity contribution in [1.29, 1.82) is 0 Å². The Morgan fingerprint density at radius 3 is 2.17 bits per heavy atom. The third kappa shape index (κ3) is 4.22. The zero-order valence-electron chi connectivity index (χ0n) is 13.9. The molecule has 4 heterocycles. The lowest BCUT2D eigenvalue weighted by Crippen LogP contribution is -1.97. The Morgan fingerprint density at radius 2 is 1.59 bits per heavy atom. The van der Waals surface area contributed by atoms with Crippen molar-refractivity contribution in [2.45, 2.75) is 6.55 Å². The van der Waals surface area contributed by atoms with Gasteiger partial charge in [0, 0.05) is 44.2 Å². The van der Waals surface area contributed by atoms with E-state index < -0.39 is 16.4 Å². The maximum absolute atomic E-state index is 12.5. The molecule has 0 fully saturated rings. The van der Waals surface area contributed by atoms with Crippen LogP contribution in [-0.2, 0) is 0 Å². The number of alkyl halides is 2. The molecule has 4 rings (SSSR count). The monoisotopic (exact) mass is 532 g/mol. The summed E-state index contributed by atoms with van der Waals surface area (Å²) in [7, 11) is 0. The summed E-state index contributed by atoms with van der Waals surface area (Å²) in [5.41, 5.74) is 0.401. The van der Waals surface area contributed by atoms with Crippen molar-refractivity contribution in [1.82, 2.24) is 19.5 Å². The fourth-order valence-corrected chi connectivity index (χ4v) is 3.32. The van der Waals surface area contributed by atoms with Crippen molar-refractivity contribution in [2.24, 2.45) is 0 Å². The van der Waals surface area contributed by atoms with Crippen molar-refractivity contribution in [2.75, 3.05) is 0 Å². The topological polar surface area (TPSA) is 133 Å². The SMILES string of the molecule is O=[N+]([O-])c1cnc2[nH]cc(Br)c2c1.O=[N+]([O-])c1cnc2c(c1)c(Br)cn2C(F)F. The fourth-order valence-electron chi connectivity index (χ4n) is 2.39. The van der Waals surface area contributed by atoms with Crippen LogP contribution in [0.15, 0.2) is 45.9 Å². The quantitative estimate of drug-likeness (QED) is 0.279. The normalized spacial score (nSPS) is 10.9. The van der Waals surface area contributed by atoms with Crippen LogP contribution in [0.3, 0.4) is 0 Å². The summed E-state index contributed by atoms with van der Waals surface area (Å²) in [4.78, 5) is 30.2. The number of nitrogens with zero attached hydrogens (tertiary/aromatic N) is 5. The van der Waals surface area contributed by atoms with Gasteiger partial charge in [-0.1, -0.05) is 0 Å². The molecule has 0 saturated heterocycles. The average molecular weight is 534 g/mol. The van der Waals surface area contributed by atoms with Crippen molar-refractivity contribution in [3.05, 3.63) is 66.1 Å².